The predicted molar refractivity (Wildman–Crippen MR) is 65.9 cm³/mol. The normalized spacial score (nSPS) is 16.7. The minimum atomic E-state index is 0.401. The molecule has 2 N–H and O–H groups in total. The van der Waals surface area contributed by atoms with Crippen LogP contribution in [0.15, 0.2) is 6.20 Å². The van der Waals surface area contributed by atoms with E-state index in [9.17, 15) is 0 Å². The average Bonchev–Trinajstić information content (AvgIpc) is 2.65. The zero-order valence-electron chi connectivity index (χ0n) is 10.5. The van der Waals surface area contributed by atoms with Crippen LogP contribution in [0.5, 0.6) is 0 Å². The fourth-order valence-corrected chi connectivity index (χ4v) is 1.56. The maximum atomic E-state index is 5.45. The van der Waals surface area contributed by atoms with Crippen molar-refractivity contribution in [3.63, 3.8) is 0 Å². The summed E-state index contributed by atoms with van der Waals surface area (Å²) in [6, 6.07) is 0. The van der Waals surface area contributed by atoms with E-state index in [0.29, 0.717) is 11.9 Å². The van der Waals surface area contributed by atoms with Crippen molar-refractivity contribution in [3.8, 4) is 0 Å². The van der Waals surface area contributed by atoms with E-state index < -0.39 is 0 Å². The Morgan fingerprint density at radius 3 is 2.47 bits per heavy atom. The Morgan fingerprint density at radius 2 is 1.87 bits per heavy atom. The molecule has 3 nitrogen and oxygen atoms in total. The molecule has 15 heavy (non-hydrogen) atoms. The summed E-state index contributed by atoms with van der Waals surface area (Å²) in [5.41, 5.74) is 7.87. The van der Waals surface area contributed by atoms with Crippen molar-refractivity contribution in [2.45, 2.75) is 53.4 Å². The number of aromatic nitrogens is 2. The first-order valence-electron chi connectivity index (χ1n) is 5.88. The quantitative estimate of drug-likeness (QED) is 0.714. The topological polar surface area (TPSA) is 51.8 Å². The van der Waals surface area contributed by atoms with Gasteiger partial charge < -0.3 is 5.73 Å². The second-order valence-electron chi connectivity index (χ2n) is 3.07. The molecule has 3 heteroatoms. The number of anilines is 1. The lowest BCUT2D eigenvalue weighted by Gasteiger charge is -2.01. The van der Waals surface area contributed by atoms with Gasteiger partial charge in [-0.15, -0.1) is 0 Å². The summed E-state index contributed by atoms with van der Waals surface area (Å²) in [4.78, 5) is 8.14. The van der Waals surface area contributed by atoms with E-state index in [1.165, 1.54) is 12.0 Å². The largest absolute Gasteiger partial charge is 0.368 e. The lowest BCUT2D eigenvalue weighted by molar-refractivity contribution is 0.745. The predicted octanol–water partition coefficient (Wildman–Crippen LogP) is 3.16. The Labute approximate surface area is 93.1 Å². The molecule has 0 spiro atoms. The summed E-state index contributed by atoms with van der Waals surface area (Å²) in [5, 5.41) is 0. The van der Waals surface area contributed by atoms with Crippen LogP contribution in [0.3, 0.4) is 0 Å². The smallest absolute Gasteiger partial charge is 0.220 e. The first-order valence-corrected chi connectivity index (χ1v) is 5.88. The maximum absolute atomic E-state index is 5.45. The van der Waals surface area contributed by atoms with E-state index in [1.807, 2.05) is 33.9 Å². The highest BCUT2D eigenvalue weighted by atomic mass is 15.0. The monoisotopic (exact) mass is 209 g/mol. The third-order valence-corrected chi connectivity index (χ3v) is 2.26. The van der Waals surface area contributed by atoms with Crippen LogP contribution < -0.4 is 5.73 Å². The molecular formula is C12H23N3. The number of hydrogen-bond donors (Lipinski definition) is 1. The molecular weight excluding hydrogens is 186 g/mol. The Hall–Kier alpha value is -1.12. The van der Waals surface area contributed by atoms with E-state index >= 15 is 0 Å². The van der Waals surface area contributed by atoms with Gasteiger partial charge in [-0.05, 0) is 24.3 Å². The van der Waals surface area contributed by atoms with Gasteiger partial charge in [0.25, 0.3) is 0 Å². The molecule has 0 bridgehead atoms. The Balaban J connectivity index is 0.000000442. The number of hydrogen-bond acceptors (Lipinski definition) is 3. The molecule has 86 valence electrons. The molecule has 0 amide bonds. The minimum Gasteiger partial charge on any atom is -0.368 e. The van der Waals surface area contributed by atoms with Crippen LogP contribution in [-0.2, 0) is 6.42 Å². The van der Waals surface area contributed by atoms with Crippen LogP contribution in [0.25, 0.3) is 0 Å². The summed E-state index contributed by atoms with van der Waals surface area (Å²) in [7, 11) is 0. The first kappa shape index (κ1) is 13.9. The van der Waals surface area contributed by atoms with Gasteiger partial charge in [0.05, 0.1) is 0 Å². The van der Waals surface area contributed by atoms with Crippen molar-refractivity contribution in [3.05, 3.63) is 17.5 Å². The average molecular weight is 209 g/mol. The van der Waals surface area contributed by atoms with Crippen LogP contribution in [0, 0.1) is 0 Å². The number of fused-ring (bicyclic) bond motifs is 1. The Kier molecular flexibility index (Phi) is 6.67. The van der Waals surface area contributed by atoms with Gasteiger partial charge in [0.2, 0.25) is 5.95 Å². The summed E-state index contributed by atoms with van der Waals surface area (Å²) in [5.74, 6) is 1.02. The van der Waals surface area contributed by atoms with Crippen molar-refractivity contribution in [2.24, 2.45) is 0 Å². The van der Waals surface area contributed by atoms with Crippen molar-refractivity contribution in [1.82, 2.24) is 9.97 Å². The summed E-state index contributed by atoms with van der Waals surface area (Å²) >= 11 is 0. The molecule has 1 aromatic heterocycles. The van der Waals surface area contributed by atoms with Gasteiger partial charge in [0.15, 0.2) is 0 Å². The standard InChI is InChI=1S/C8H11N3.2C2H6/c1-5-2-3-7-6(5)4-10-8(9)11-7;2*1-2/h4-5H,2-3H2,1H3,(H2,9,10,11);2*1-2H3. The Morgan fingerprint density at radius 1 is 1.27 bits per heavy atom. The second-order valence-corrected chi connectivity index (χ2v) is 3.07. The lowest BCUT2D eigenvalue weighted by atomic mass is 10.1. The molecule has 0 radical (unpaired) electrons. The number of aryl methyl sites for hydroxylation is 1. The second kappa shape index (κ2) is 7.21. The summed E-state index contributed by atoms with van der Waals surface area (Å²) < 4.78 is 0. The number of rotatable bonds is 0. The summed E-state index contributed by atoms with van der Waals surface area (Å²) in [6.07, 6.45) is 4.10. The molecule has 0 aromatic carbocycles. The van der Waals surface area contributed by atoms with Gasteiger partial charge in [-0.1, -0.05) is 34.6 Å². The van der Waals surface area contributed by atoms with Gasteiger partial charge in [-0.25, -0.2) is 9.97 Å². The number of nitrogens with zero attached hydrogens (tertiary/aromatic N) is 2. The lowest BCUT2D eigenvalue weighted by Crippen LogP contribution is -1.98. The van der Waals surface area contributed by atoms with Crippen molar-refractivity contribution in [2.75, 3.05) is 5.73 Å². The third-order valence-electron chi connectivity index (χ3n) is 2.26. The zero-order chi connectivity index (χ0) is 11.8. The molecule has 1 heterocycles. The van der Waals surface area contributed by atoms with E-state index in [4.69, 9.17) is 5.73 Å². The van der Waals surface area contributed by atoms with E-state index in [0.717, 1.165) is 12.1 Å². The van der Waals surface area contributed by atoms with Crippen LogP contribution in [0.2, 0.25) is 0 Å². The van der Waals surface area contributed by atoms with Gasteiger partial charge >= 0.3 is 0 Å². The van der Waals surface area contributed by atoms with Crippen LogP contribution >= 0.6 is 0 Å². The van der Waals surface area contributed by atoms with E-state index in [-0.39, 0.29) is 0 Å². The highest BCUT2D eigenvalue weighted by Gasteiger charge is 2.19. The molecule has 0 aliphatic heterocycles. The summed E-state index contributed by atoms with van der Waals surface area (Å²) in [6.45, 7) is 10.2. The van der Waals surface area contributed by atoms with Crippen LogP contribution in [-0.4, -0.2) is 9.97 Å². The third kappa shape index (κ3) is 3.50. The zero-order valence-corrected chi connectivity index (χ0v) is 10.5. The van der Waals surface area contributed by atoms with Crippen molar-refractivity contribution in [1.29, 1.82) is 0 Å². The fraction of sp³-hybridized carbons (Fsp3) is 0.667. The van der Waals surface area contributed by atoms with Crippen molar-refractivity contribution >= 4 is 5.95 Å². The molecule has 1 aromatic rings. The molecule has 1 atom stereocenters. The SMILES string of the molecule is CC.CC.CC1CCc2nc(N)ncc21. The highest BCUT2D eigenvalue weighted by molar-refractivity contribution is 5.31. The van der Waals surface area contributed by atoms with Gasteiger partial charge in [0, 0.05) is 11.9 Å². The number of nitrogens with two attached hydrogens (primary N) is 1. The molecule has 0 fully saturated rings. The Bertz CT molecular complexity index is 284. The van der Waals surface area contributed by atoms with Crippen LogP contribution in [0.1, 0.15) is 58.2 Å². The van der Waals surface area contributed by atoms with E-state index in [1.54, 1.807) is 0 Å². The maximum Gasteiger partial charge on any atom is 0.220 e. The fourth-order valence-electron chi connectivity index (χ4n) is 1.56. The number of nitrogen functional groups attached to an aromatic ring is 1. The van der Waals surface area contributed by atoms with Crippen molar-refractivity contribution < 1.29 is 0 Å². The molecule has 1 aliphatic rings. The molecule has 0 saturated heterocycles. The van der Waals surface area contributed by atoms with Gasteiger partial charge in [0.1, 0.15) is 0 Å². The molecule has 1 unspecified atom stereocenters. The molecule has 1 aliphatic carbocycles. The van der Waals surface area contributed by atoms with E-state index in [2.05, 4.69) is 16.9 Å². The molecule has 0 saturated carbocycles. The minimum absolute atomic E-state index is 0.401. The van der Waals surface area contributed by atoms with Gasteiger partial charge in [-0.2, -0.15) is 0 Å². The van der Waals surface area contributed by atoms with Gasteiger partial charge in [-0.3, -0.25) is 0 Å². The first-order chi connectivity index (χ1) is 7.27. The van der Waals surface area contributed by atoms with Crippen LogP contribution in [0.4, 0.5) is 5.95 Å². The molecule has 2 rings (SSSR count). The highest BCUT2D eigenvalue weighted by Crippen LogP contribution is 2.30.